The monoisotopic (exact) mass is 288 g/mol. The minimum absolute atomic E-state index is 0.0366. The Labute approximate surface area is 112 Å². The first-order valence-corrected chi connectivity index (χ1v) is 7.60. The Bertz CT molecular complexity index is 572. The summed E-state index contributed by atoms with van der Waals surface area (Å²) in [6, 6.07) is 3.31. The lowest BCUT2D eigenvalue weighted by molar-refractivity contribution is -0.119. The number of carbonyl (C=O) groups is 1. The van der Waals surface area contributed by atoms with E-state index in [0.717, 1.165) is 24.5 Å². The highest BCUT2D eigenvalue weighted by atomic mass is 32.2. The van der Waals surface area contributed by atoms with E-state index in [1.165, 1.54) is 0 Å². The van der Waals surface area contributed by atoms with Gasteiger partial charge in [-0.2, -0.15) is 0 Å². The van der Waals surface area contributed by atoms with Crippen molar-refractivity contribution in [2.45, 2.75) is 11.8 Å². The number of anilines is 1. The molecular formula is C12H17FN2O3S. The van der Waals surface area contributed by atoms with E-state index in [9.17, 15) is 17.6 Å². The first kappa shape index (κ1) is 15.6. The molecule has 1 aromatic carbocycles. The number of rotatable bonds is 5. The number of amides is 1. The van der Waals surface area contributed by atoms with Crippen LogP contribution in [0.2, 0.25) is 0 Å². The van der Waals surface area contributed by atoms with Crippen molar-refractivity contribution in [3.8, 4) is 0 Å². The standard InChI is InChI=1S/C12H17FN2O3S/c1-8(7-14-2)12(16)15-11-6-9(19(3,17)18)4-5-10(11)13/h4-6,8,14H,7H2,1-3H3,(H,15,16). The molecule has 0 aliphatic carbocycles. The summed E-state index contributed by atoms with van der Waals surface area (Å²) in [7, 11) is -1.74. The van der Waals surface area contributed by atoms with E-state index in [-0.39, 0.29) is 22.4 Å². The highest BCUT2D eigenvalue weighted by molar-refractivity contribution is 7.90. The molecule has 0 aromatic heterocycles. The Balaban J connectivity index is 2.98. The summed E-state index contributed by atoms with van der Waals surface area (Å²) in [6.45, 7) is 2.13. The third-order valence-corrected chi connectivity index (χ3v) is 3.69. The molecule has 1 aromatic rings. The van der Waals surface area contributed by atoms with Gasteiger partial charge in [0.15, 0.2) is 9.84 Å². The molecule has 7 heteroatoms. The SMILES string of the molecule is CNCC(C)C(=O)Nc1cc(S(C)(=O)=O)ccc1F. The molecule has 0 saturated heterocycles. The van der Waals surface area contributed by atoms with Gasteiger partial charge in [-0.25, -0.2) is 12.8 Å². The summed E-state index contributed by atoms with van der Waals surface area (Å²) in [6.07, 6.45) is 1.02. The smallest absolute Gasteiger partial charge is 0.228 e. The van der Waals surface area contributed by atoms with Crippen LogP contribution in [0.4, 0.5) is 10.1 Å². The summed E-state index contributed by atoms with van der Waals surface area (Å²) in [5.74, 6) is -1.40. The molecule has 1 unspecified atom stereocenters. The molecule has 106 valence electrons. The van der Waals surface area contributed by atoms with E-state index >= 15 is 0 Å². The fraction of sp³-hybridized carbons (Fsp3) is 0.417. The molecule has 0 fully saturated rings. The molecule has 0 bridgehead atoms. The van der Waals surface area contributed by atoms with Crippen molar-refractivity contribution < 1.29 is 17.6 Å². The Morgan fingerprint density at radius 3 is 2.58 bits per heavy atom. The molecule has 0 heterocycles. The average molecular weight is 288 g/mol. The summed E-state index contributed by atoms with van der Waals surface area (Å²) in [4.78, 5) is 11.7. The number of nitrogens with one attached hydrogen (secondary N) is 2. The van der Waals surface area contributed by atoms with Gasteiger partial charge < -0.3 is 10.6 Å². The Kier molecular flexibility index (Phi) is 5.02. The number of sulfone groups is 1. The third kappa shape index (κ3) is 4.29. The number of carbonyl (C=O) groups excluding carboxylic acids is 1. The second-order valence-electron chi connectivity index (χ2n) is 4.36. The van der Waals surface area contributed by atoms with Crippen molar-refractivity contribution >= 4 is 21.4 Å². The number of hydrogen-bond donors (Lipinski definition) is 2. The van der Waals surface area contributed by atoms with Crippen LogP contribution in [-0.2, 0) is 14.6 Å². The van der Waals surface area contributed by atoms with Crippen LogP contribution in [0, 0.1) is 11.7 Å². The van der Waals surface area contributed by atoms with Gasteiger partial charge >= 0.3 is 0 Å². The van der Waals surface area contributed by atoms with E-state index in [1.807, 2.05) is 0 Å². The molecule has 1 rings (SSSR count). The molecule has 1 amide bonds. The fourth-order valence-electron chi connectivity index (χ4n) is 1.49. The summed E-state index contributed by atoms with van der Waals surface area (Å²) in [5, 5.41) is 5.22. The minimum atomic E-state index is -3.44. The molecule has 1 atom stereocenters. The van der Waals surface area contributed by atoms with E-state index in [1.54, 1.807) is 14.0 Å². The van der Waals surface area contributed by atoms with Gasteiger partial charge in [0.2, 0.25) is 5.91 Å². The third-order valence-electron chi connectivity index (χ3n) is 2.58. The zero-order chi connectivity index (χ0) is 14.6. The largest absolute Gasteiger partial charge is 0.323 e. The topological polar surface area (TPSA) is 75.3 Å². The molecule has 5 nitrogen and oxygen atoms in total. The van der Waals surface area contributed by atoms with Crippen molar-refractivity contribution in [3.05, 3.63) is 24.0 Å². The average Bonchev–Trinajstić information content (AvgIpc) is 2.30. The van der Waals surface area contributed by atoms with Crippen molar-refractivity contribution in [1.82, 2.24) is 5.32 Å². The fourth-order valence-corrected chi connectivity index (χ4v) is 2.13. The molecule has 0 spiro atoms. The van der Waals surface area contributed by atoms with E-state index < -0.39 is 15.7 Å². The summed E-state index contributed by atoms with van der Waals surface area (Å²) >= 11 is 0. The van der Waals surface area contributed by atoms with Crippen molar-refractivity contribution in [1.29, 1.82) is 0 Å². The second kappa shape index (κ2) is 6.12. The molecule has 2 N–H and O–H groups in total. The predicted octanol–water partition coefficient (Wildman–Crippen LogP) is 1.02. The second-order valence-corrected chi connectivity index (χ2v) is 6.38. The first-order valence-electron chi connectivity index (χ1n) is 5.70. The van der Waals surface area contributed by atoms with Gasteiger partial charge in [-0.15, -0.1) is 0 Å². The molecule has 0 radical (unpaired) electrons. The molecule has 19 heavy (non-hydrogen) atoms. The maximum atomic E-state index is 13.5. The van der Waals surface area contributed by atoms with Gasteiger partial charge in [-0.1, -0.05) is 6.92 Å². The van der Waals surface area contributed by atoms with Crippen molar-refractivity contribution in [2.24, 2.45) is 5.92 Å². The van der Waals surface area contributed by atoms with Crippen molar-refractivity contribution in [2.75, 3.05) is 25.2 Å². The van der Waals surface area contributed by atoms with E-state index in [0.29, 0.717) is 6.54 Å². The number of halogens is 1. The number of benzene rings is 1. The van der Waals surface area contributed by atoms with Crippen LogP contribution in [0.15, 0.2) is 23.1 Å². The Morgan fingerprint density at radius 2 is 2.05 bits per heavy atom. The van der Waals surface area contributed by atoms with Gasteiger partial charge in [0.1, 0.15) is 5.82 Å². The van der Waals surface area contributed by atoms with Crippen LogP contribution in [0.5, 0.6) is 0 Å². The zero-order valence-electron chi connectivity index (χ0n) is 11.0. The molecule has 0 aliphatic heterocycles. The molecular weight excluding hydrogens is 271 g/mol. The lowest BCUT2D eigenvalue weighted by atomic mass is 10.1. The van der Waals surface area contributed by atoms with Crippen LogP contribution in [0.25, 0.3) is 0 Å². The summed E-state index contributed by atoms with van der Waals surface area (Å²) < 4.78 is 36.3. The summed E-state index contributed by atoms with van der Waals surface area (Å²) in [5.41, 5.74) is -0.129. The Hall–Kier alpha value is -1.47. The van der Waals surface area contributed by atoms with Crippen LogP contribution < -0.4 is 10.6 Å². The van der Waals surface area contributed by atoms with Crippen LogP contribution in [-0.4, -0.2) is 34.2 Å². The lowest BCUT2D eigenvalue weighted by Gasteiger charge is -2.12. The van der Waals surface area contributed by atoms with Gasteiger partial charge in [0.05, 0.1) is 10.6 Å². The quantitative estimate of drug-likeness (QED) is 0.793. The lowest BCUT2D eigenvalue weighted by Crippen LogP contribution is -2.29. The highest BCUT2D eigenvalue weighted by Crippen LogP contribution is 2.20. The Morgan fingerprint density at radius 1 is 1.42 bits per heavy atom. The van der Waals surface area contributed by atoms with Crippen LogP contribution >= 0.6 is 0 Å². The van der Waals surface area contributed by atoms with E-state index in [2.05, 4.69) is 10.6 Å². The highest BCUT2D eigenvalue weighted by Gasteiger charge is 2.16. The maximum absolute atomic E-state index is 13.5. The van der Waals surface area contributed by atoms with Gasteiger partial charge in [-0.05, 0) is 25.2 Å². The number of hydrogen-bond acceptors (Lipinski definition) is 4. The van der Waals surface area contributed by atoms with Crippen molar-refractivity contribution in [3.63, 3.8) is 0 Å². The van der Waals surface area contributed by atoms with Gasteiger partial charge in [-0.3, -0.25) is 4.79 Å². The van der Waals surface area contributed by atoms with Gasteiger partial charge in [0, 0.05) is 18.7 Å². The molecule has 0 aliphatic rings. The maximum Gasteiger partial charge on any atom is 0.228 e. The zero-order valence-corrected chi connectivity index (χ0v) is 11.8. The molecule has 0 saturated carbocycles. The normalized spacial score (nSPS) is 13.1. The minimum Gasteiger partial charge on any atom is -0.323 e. The van der Waals surface area contributed by atoms with Gasteiger partial charge in [0.25, 0.3) is 0 Å². The van der Waals surface area contributed by atoms with Crippen LogP contribution in [0.3, 0.4) is 0 Å². The van der Waals surface area contributed by atoms with Crippen LogP contribution in [0.1, 0.15) is 6.92 Å². The van der Waals surface area contributed by atoms with E-state index in [4.69, 9.17) is 0 Å². The predicted molar refractivity (Wildman–Crippen MR) is 71.2 cm³/mol. The first-order chi connectivity index (χ1) is 8.75.